The summed E-state index contributed by atoms with van der Waals surface area (Å²) in [5.74, 6) is -1.12. The predicted octanol–water partition coefficient (Wildman–Crippen LogP) is 5.34. The fourth-order valence-corrected chi connectivity index (χ4v) is 4.34. The smallest absolute Gasteiger partial charge is 0.412 e. The molecule has 1 fully saturated rings. The van der Waals surface area contributed by atoms with Gasteiger partial charge in [-0.15, -0.1) is 0 Å². The molecule has 10 heteroatoms. The van der Waals surface area contributed by atoms with Gasteiger partial charge in [-0.2, -0.15) is 5.10 Å². The number of aliphatic carboxylic acids is 1. The Morgan fingerprint density at radius 3 is 2.46 bits per heavy atom. The molecule has 4 rings (SSSR count). The number of aromatic nitrogens is 2. The maximum absolute atomic E-state index is 12.7. The maximum Gasteiger partial charge on any atom is 0.412 e. The van der Waals surface area contributed by atoms with Crippen molar-refractivity contribution in [3.63, 3.8) is 0 Å². The van der Waals surface area contributed by atoms with Crippen LogP contribution in [0, 0.1) is 12.8 Å². The molecule has 2 unspecified atom stereocenters. The number of carboxylic acid groups (broad SMARTS) is 1. The number of halogens is 1. The Bertz CT molecular complexity index is 1320. The zero-order valence-corrected chi connectivity index (χ0v) is 21.6. The number of ether oxygens (including phenoxy) is 1. The molecule has 3 N–H and O–H groups in total. The number of hydrogen-bond donors (Lipinski definition) is 3. The highest BCUT2D eigenvalue weighted by atomic mass is 35.5. The maximum atomic E-state index is 12.7. The molecule has 2 aromatic carbocycles. The van der Waals surface area contributed by atoms with Crippen molar-refractivity contribution >= 4 is 35.3 Å². The summed E-state index contributed by atoms with van der Waals surface area (Å²) >= 11 is 6.22. The van der Waals surface area contributed by atoms with E-state index in [9.17, 15) is 19.5 Å². The van der Waals surface area contributed by atoms with E-state index in [1.807, 2.05) is 13.0 Å². The lowest BCUT2D eigenvalue weighted by Gasteiger charge is -2.16. The predicted molar refractivity (Wildman–Crippen MR) is 140 cm³/mol. The van der Waals surface area contributed by atoms with Crippen molar-refractivity contribution in [1.29, 1.82) is 0 Å². The van der Waals surface area contributed by atoms with Gasteiger partial charge in [0.25, 0.3) is 5.91 Å². The van der Waals surface area contributed by atoms with Gasteiger partial charge in [-0.05, 0) is 44.4 Å². The van der Waals surface area contributed by atoms with Crippen molar-refractivity contribution < 1.29 is 24.2 Å². The summed E-state index contributed by atoms with van der Waals surface area (Å²) in [5, 5.41) is 19.8. The lowest BCUT2D eigenvalue weighted by atomic mass is 10.1. The number of anilines is 1. The molecule has 0 spiro atoms. The zero-order valence-electron chi connectivity index (χ0n) is 20.8. The molecular weight excluding hydrogens is 496 g/mol. The summed E-state index contributed by atoms with van der Waals surface area (Å²) in [6.07, 6.45) is 1.21. The number of rotatable bonds is 9. The molecule has 1 aliphatic carbocycles. The van der Waals surface area contributed by atoms with Crippen LogP contribution >= 0.6 is 11.6 Å². The minimum absolute atomic E-state index is 0.334. The molecule has 3 aromatic rings. The number of carbonyl (C=O) groups is 3. The Morgan fingerprint density at radius 1 is 1.16 bits per heavy atom. The van der Waals surface area contributed by atoms with Gasteiger partial charge in [-0.25, -0.2) is 9.59 Å². The minimum Gasteiger partial charge on any atom is -0.480 e. The summed E-state index contributed by atoms with van der Waals surface area (Å²) in [4.78, 5) is 36.9. The number of aryl methyl sites for hydroxylation is 1. The Kier molecular flexibility index (Phi) is 7.83. The van der Waals surface area contributed by atoms with E-state index < -0.39 is 30.1 Å². The van der Waals surface area contributed by atoms with Crippen LogP contribution in [0.3, 0.4) is 0 Å². The minimum atomic E-state index is -1.03. The number of carbonyl (C=O) groups excluding carboxylic acids is 2. The van der Waals surface area contributed by atoms with Gasteiger partial charge >= 0.3 is 12.1 Å². The molecular formula is C27H29ClN4O5. The first-order valence-electron chi connectivity index (χ1n) is 12.0. The van der Waals surface area contributed by atoms with Gasteiger partial charge in [0.1, 0.15) is 17.8 Å². The first kappa shape index (κ1) is 26.2. The lowest BCUT2D eigenvalue weighted by molar-refractivity contribution is -0.139. The van der Waals surface area contributed by atoms with Crippen molar-refractivity contribution in [2.45, 2.75) is 45.3 Å². The largest absolute Gasteiger partial charge is 0.480 e. The molecule has 37 heavy (non-hydrogen) atoms. The average molecular weight is 525 g/mol. The normalized spacial score (nSPS) is 14.5. The van der Waals surface area contributed by atoms with Gasteiger partial charge in [0, 0.05) is 28.8 Å². The summed E-state index contributed by atoms with van der Waals surface area (Å²) in [5.41, 5.74) is 3.39. The molecule has 1 saturated carbocycles. The molecule has 9 nitrogen and oxygen atoms in total. The highest BCUT2D eigenvalue weighted by Gasteiger charge is 2.30. The molecule has 1 aromatic heterocycles. The van der Waals surface area contributed by atoms with Crippen molar-refractivity contribution in [2.75, 3.05) is 5.32 Å². The van der Waals surface area contributed by atoms with E-state index in [0.29, 0.717) is 51.1 Å². The Morgan fingerprint density at radius 2 is 1.84 bits per heavy atom. The van der Waals surface area contributed by atoms with E-state index in [1.54, 1.807) is 61.1 Å². The van der Waals surface area contributed by atoms with Crippen LogP contribution in [0.25, 0.3) is 11.3 Å². The first-order chi connectivity index (χ1) is 17.6. The van der Waals surface area contributed by atoms with Gasteiger partial charge in [-0.1, -0.05) is 54.8 Å². The van der Waals surface area contributed by atoms with Crippen LogP contribution in [0.4, 0.5) is 10.5 Å². The molecule has 2 atom stereocenters. The standard InChI is InChI=1S/C27H29ClN4O5/c1-15-23(30-27(36)37-16(2)20-6-4-5-7-21(20)28)24(31-32(15)3)18-10-12-19(13-11-18)25(33)29-22(26(34)35)14-17-8-9-17/h4-7,10-13,16-17,22H,8-9,14H2,1-3H3,(H,29,33)(H,30,36)(H,34,35). The van der Waals surface area contributed by atoms with E-state index in [2.05, 4.69) is 15.7 Å². The van der Waals surface area contributed by atoms with Crippen molar-refractivity contribution in [2.24, 2.45) is 13.0 Å². The lowest BCUT2D eigenvalue weighted by Crippen LogP contribution is -2.41. The van der Waals surface area contributed by atoms with E-state index in [4.69, 9.17) is 16.3 Å². The van der Waals surface area contributed by atoms with Crippen molar-refractivity contribution in [1.82, 2.24) is 15.1 Å². The fourth-order valence-electron chi connectivity index (χ4n) is 4.05. The number of nitrogens with zero attached hydrogens (tertiary/aromatic N) is 2. The van der Waals surface area contributed by atoms with Crippen LogP contribution in [-0.2, 0) is 16.6 Å². The molecule has 2 amide bonds. The van der Waals surface area contributed by atoms with Gasteiger partial charge in [0.15, 0.2) is 0 Å². The summed E-state index contributed by atoms with van der Waals surface area (Å²) < 4.78 is 7.18. The van der Waals surface area contributed by atoms with E-state index >= 15 is 0 Å². The summed E-state index contributed by atoms with van der Waals surface area (Å²) in [6, 6.07) is 12.9. The van der Waals surface area contributed by atoms with E-state index in [-0.39, 0.29) is 0 Å². The van der Waals surface area contributed by atoms with Crippen LogP contribution < -0.4 is 10.6 Å². The number of carboxylic acids is 1. The zero-order chi connectivity index (χ0) is 26.7. The SMILES string of the molecule is Cc1c(NC(=O)OC(C)c2ccccc2Cl)c(-c2ccc(C(=O)NC(CC3CC3)C(=O)O)cc2)nn1C. The Balaban J connectivity index is 1.47. The van der Waals surface area contributed by atoms with Crippen LogP contribution in [0.1, 0.15) is 53.9 Å². The Labute approximate surface area is 219 Å². The first-order valence-corrected chi connectivity index (χ1v) is 12.4. The molecule has 0 radical (unpaired) electrons. The molecule has 0 aliphatic heterocycles. The molecule has 0 saturated heterocycles. The molecule has 1 aliphatic rings. The third-order valence-corrected chi connectivity index (χ3v) is 6.82. The third kappa shape index (κ3) is 6.29. The Hall–Kier alpha value is -3.85. The second-order valence-corrected chi connectivity index (χ2v) is 9.65. The van der Waals surface area contributed by atoms with Gasteiger partial charge < -0.3 is 15.2 Å². The topological polar surface area (TPSA) is 123 Å². The average Bonchev–Trinajstić information content (AvgIpc) is 3.64. The number of nitrogens with one attached hydrogen (secondary N) is 2. The molecule has 1 heterocycles. The quantitative estimate of drug-likeness (QED) is 0.347. The number of hydrogen-bond acceptors (Lipinski definition) is 5. The number of benzene rings is 2. The van der Waals surface area contributed by atoms with E-state index in [0.717, 1.165) is 12.8 Å². The second-order valence-electron chi connectivity index (χ2n) is 9.25. The summed E-state index contributed by atoms with van der Waals surface area (Å²) in [7, 11) is 1.76. The van der Waals surface area contributed by atoms with Crippen LogP contribution in [0.15, 0.2) is 48.5 Å². The highest BCUT2D eigenvalue weighted by Crippen LogP contribution is 2.34. The molecule has 0 bridgehead atoms. The van der Waals surface area contributed by atoms with Crippen molar-refractivity contribution in [3.05, 3.63) is 70.4 Å². The monoisotopic (exact) mass is 524 g/mol. The summed E-state index contributed by atoms with van der Waals surface area (Å²) in [6.45, 7) is 3.55. The van der Waals surface area contributed by atoms with Crippen LogP contribution in [-0.4, -0.2) is 38.9 Å². The number of amides is 2. The van der Waals surface area contributed by atoms with Crippen LogP contribution in [0.5, 0.6) is 0 Å². The van der Waals surface area contributed by atoms with Crippen LogP contribution in [0.2, 0.25) is 5.02 Å². The third-order valence-electron chi connectivity index (χ3n) is 6.48. The van der Waals surface area contributed by atoms with Crippen molar-refractivity contribution in [3.8, 4) is 11.3 Å². The van der Waals surface area contributed by atoms with Gasteiger partial charge in [-0.3, -0.25) is 14.8 Å². The van der Waals surface area contributed by atoms with Gasteiger partial charge in [0.05, 0.1) is 11.4 Å². The fraction of sp³-hybridized carbons (Fsp3) is 0.333. The second kappa shape index (κ2) is 11.0. The highest BCUT2D eigenvalue weighted by molar-refractivity contribution is 6.31. The molecule has 194 valence electrons. The van der Waals surface area contributed by atoms with E-state index in [1.165, 1.54) is 0 Å². The van der Waals surface area contributed by atoms with Gasteiger partial charge in [0.2, 0.25) is 0 Å².